The molecule has 0 spiro atoms. The van der Waals surface area contributed by atoms with Gasteiger partial charge in [0, 0.05) is 24.6 Å². The Morgan fingerprint density at radius 3 is 1.93 bits per heavy atom. The van der Waals surface area contributed by atoms with Gasteiger partial charge in [-0.1, -0.05) is 112 Å². The predicted molar refractivity (Wildman–Crippen MR) is 162 cm³/mol. The number of hydrogen-bond acceptors (Lipinski definition) is 5. The zero-order chi connectivity index (χ0) is 28.4. The second-order valence-corrected chi connectivity index (χ2v) is 17.7. The molecular weight excluding hydrogens is 537 g/mol. The Morgan fingerprint density at radius 1 is 0.850 bits per heavy atom. The maximum Gasteiger partial charge on any atom is 0.264 e. The van der Waals surface area contributed by atoms with Crippen LogP contribution >= 0.6 is 0 Å². The second-order valence-electron chi connectivity index (χ2n) is 11.7. The molecule has 1 aromatic heterocycles. The van der Waals surface area contributed by atoms with Crippen molar-refractivity contribution in [1.29, 1.82) is 0 Å². The molecule has 0 N–H and O–H groups in total. The highest BCUT2D eigenvalue weighted by Crippen LogP contribution is 2.44. The first-order valence-corrected chi connectivity index (χ1v) is 17.5. The summed E-state index contributed by atoms with van der Waals surface area (Å²) in [6.07, 6.45) is 3.89. The second kappa shape index (κ2) is 11.4. The Labute approximate surface area is 239 Å². The summed E-state index contributed by atoms with van der Waals surface area (Å²) < 4.78 is 38.2. The van der Waals surface area contributed by atoms with Gasteiger partial charge in [-0.15, -0.1) is 0 Å². The van der Waals surface area contributed by atoms with Gasteiger partial charge in [0.25, 0.3) is 18.4 Å². The largest absolute Gasteiger partial charge is 0.407 e. The predicted octanol–water partition coefficient (Wildman–Crippen LogP) is 5.06. The van der Waals surface area contributed by atoms with E-state index in [1.54, 1.807) is 0 Å². The zero-order valence-corrected chi connectivity index (χ0v) is 25.5. The molecule has 0 bridgehead atoms. The van der Waals surface area contributed by atoms with E-state index in [0.29, 0.717) is 13.2 Å². The first-order chi connectivity index (χ1) is 19.1. The molecule has 0 amide bonds. The molecule has 8 heteroatoms. The number of aromatic nitrogens is 2. The van der Waals surface area contributed by atoms with E-state index in [9.17, 15) is 8.42 Å². The van der Waals surface area contributed by atoms with Crippen molar-refractivity contribution < 1.29 is 17.0 Å². The molecule has 1 aliphatic carbocycles. The van der Waals surface area contributed by atoms with Crippen molar-refractivity contribution in [2.75, 3.05) is 19.5 Å². The van der Waals surface area contributed by atoms with Crippen LogP contribution in [0.25, 0.3) is 0 Å². The van der Waals surface area contributed by atoms with Gasteiger partial charge >= 0.3 is 0 Å². The molecule has 210 valence electrons. The van der Waals surface area contributed by atoms with Crippen LogP contribution in [0.5, 0.6) is 0 Å². The highest BCUT2D eigenvalue weighted by Gasteiger charge is 2.51. The average Bonchev–Trinajstić information content (AvgIpc) is 3.47. The van der Waals surface area contributed by atoms with Crippen LogP contribution in [0.3, 0.4) is 0 Å². The smallest absolute Gasteiger partial charge is 0.264 e. The Balaban J connectivity index is 1.49. The third-order valence-corrected chi connectivity index (χ3v) is 13.4. The van der Waals surface area contributed by atoms with Crippen molar-refractivity contribution in [2.45, 2.75) is 50.6 Å². The lowest BCUT2D eigenvalue weighted by atomic mass is 10.0. The Hall–Kier alpha value is -3.04. The summed E-state index contributed by atoms with van der Waals surface area (Å²) in [6, 6.07) is 31.5. The molecule has 0 unspecified atom stereocenters. The maximum atomic E-state index is 11.8. The highest BCUT2D eigenvalue weighted by atomic mass is 32.2. The molecule has 1 aliphatic rings. The Morgan fingerprint density at radius 2 is 1.40 bits per heavy atom. The van der Waals surface area contributed by atoms with Crippen molar-refractivity contribution in [2.24, 2.45) is 0 Å². The average molecular weight is 575 g/mol. The van der Waals surface area contributed by atoms with Gasteiger partial charge in [-0.2, -0.15) is 13.5 Å². The third kappa shape index (κ3) is 6.00. The van der Waals surface area contributed by atoms with Crippen LogP contribution in [0.4, 0.5) is 0 Å². The van der Waals surface area contributed by atoms with Gasteiger partial charge in [-0.25, -0.2) is 0 Å². The van der Waals surface area contributed by atoms with E-state index in [0.717, 1.165) is 29.5 Å². The fourth-order valence-electron chi connectivity index (χ4n) is 6.01. The lowest BCUT2D eigenvalue weighted by Gasteiger charge is -2.43. The fourth-order valence-corrected chi connectivity index (χ4v) is 11.0. The van der Waals surface area contributed by atoms with E-state index < -0.39 is 18.4 Å². The molecule has 0 aliphatic heterocycles. The summed E-state index contributed by atoms with van der Waals surface area (Å²) in [6.45, 7) is 8.08. The number of fused-ring (bicyclic) bond motifs is 1. The molecule has 40 heavy (non-hydrogen) atoms. The normalized spacial score (nSPS) is 17.6. The van der Waals surface area contributed by atoms with Gasteiger partial charge in [0.1, 0.15) is 0 Å². The minimum atomic E-state index is -3.55. The van der Waals surface area contributed by atoms with E-state index >= 15 is 0 Å². The standard InChI is InChI=1S/C32H38N2O4SSi/c1-32(2,3)40(28-16-10-6-11-17-28,29-18-12-7-13-19-29)38-24-27-20-26(23-37-39(4,35)36)30-22-34(33-31(27)30)21-25-14-8-5-9-15-25/h5-19,22,26-27H,20-21,23-24H2,1-4H3/t26-,27+/m0/s1. The maximum absolute atomic E-state index is 11.8. The number of benzene rings is 3. The molecule has 0 saturated carbocycles. The van der Waals surface area contributed by atoms with Gasteiger partial charge in [-0.3, -0.25) is 8.86 Å². The van der Waals surface area contributed by atoms with E-state index in [4.69, 9.17) is 13.7 Å². The first kappa shape index (κ1) is 28.5. The molecule has 4 aromatic rings. The van der Waals surface area contributed by atoms with Crippen LogP contribution < -0.4 is 10.4 Å². The molecule has 0 radical (unpaired) electrons. The molecule has 0 fully saturated rings. The summed E-state index contributed by atoms with van der Waals surface area (Å²) in [5.41, 5.74) is 3.19. The van der Waals surface area contributed by atoms with Crippen LogP contribution in [0.1, 0.15) is 55.8 Å². The fraction of sp³-hybridized carbons (Fsp3) is 0.344. The quantitative estimate of drug-likeness (QED) is 0.196. The van der Waals surface area contributed by atoms with Crippen molar-refractivity contribution in [3.05, 3.63) is 114 Å². The van der Waals surface area contributed by atoms with E-state index in [1.807, 2.05) is 35.0 Å². The zero-order valence-electron chi connectivity index (χ0n) is 23.7. The first-order valence-electron chi connectivity index (χ1n) is 13.8. The van der Waals surface area contributed by atoms with Crippen molar-refractivity contribution >= 4 is 28.8 Å². The van der Waals surface area contributed by atoms with Gasteiger partial charge < -0.3 is 4.43 Å². The summed E-state index contributed by atoms with van der Waals surface area (Å²) in [7, 11) is -6.28. The van der Waals surface area contributed by atoms with E-state index in [-0.39, 0.29) is 23.5 Å². The van der Waals surface area contributed by atoms with Crippen molar-refractivity contribution in [3.63, 3.8) is 0 Å². The lowest BCUT2D eigenvalue weighted by molar-refractivity contribution is 0.248. The van der Waals surface area contributed by atoms with Crippen LogP contribution in [0, 0.1) is 0 Å². The molecule has 6 nitrogen and oxygen atoms in total. The van der Waals surface area contributed by atoms with Crippen molar-refractivity contribution in [1.82, 2.24) is 9.78 Å². The molecular formula is C32H38N2O4SSi. The number of hydrogen-bond donors (Lipinski definition) is 0. The van der Waals surface area contributed by atoms with Crippen LogP contribution in [-0.2, 0) is 25.3 Å². The van der Waals surface area contributed by atoms with Crippen LogP contribution in [0.15, 0.2) is 97.2 Å². The summed E-state index contributed by atoms with van der Waals surface area (Å²) in [5.74, 6) is -0.0381. The van der Waals surface area contributed by atoms with Gasteiger partial charge in [0.05, 0.1) is 25.1 Å². The molecule has 2 atom stereocenters. The van der Waals surface area contributed by atoms with Gasteiger partial charge in [0.15, 0.2) is 0 Å². The SMILES string of the molecule is CC(C)(C)[Si](OC[C@H]1C[C@@H](COS(C)(=O)=O)c2cn(Cc3ccccc3)nc21)(c1ccccc1)c1ccccc1. The summed E-state index contributed by atoms with van der Waals surface area (Å²) in [5, 5.41) is 7.35. The minimum Gasteiger partial charge on any atom is -0.407 e. The highest BCUT2D eigenvalue weighted by molar-refractivity contribution is 7.85. The van der Waals surface area contributed by atoms with Crippen LogP contribution in [-0.4, -0.2) is 46.0 Å². The van der Waals surface area contributed by atoms with Gasteiger partial charge in [-0.05, 0) is 33.0 Å². The van der Waals surface area contributed by atoms with E-state index in [1.165, 1.54) is 10.4 Å². The third-order valence-electron chi connectivity index (χ3n) is 7.80. The minimum absolute atomic E-state index is 0.0295. The summed E-state index contributed by atoms with van der Waals surface area (Å²) >= 11 is 0. The number of rotatable bonds is 10. The van der Waals surface area contributed by atoms with Crippen LogP contribution in [0.2, 0.25) is 5.04 Å². The number of nitrogens with zero attached hydrogens (tertiary/aromatic N) is 2. The molecule has 1 heterocycles. The molecule has 3 aromatic carbocycles. The topological polar surface area (TPSA) is 70.4 Å². The molecule has 0 saturated heterocycles. The monoisotopic (exact) mass is 574 g/mol. The van der Waals surface area contributed by atoms with Gasteiger partial charge in [0.2, 0.25) is 0 Å². The van der Waals surface area contributed by atoms with E-state index in [2.05, 4.69) is 87.6 Å². The van der Waals surface area contributed by atoms with Crippen molar-refractivity contribution in [3.8, 4) is 0 Å². The molecule has 5 rings (SSSR count). The Bertz CT molecular complexity index is 1480. The Kier molecular flexibility index (Phi) is 8.15. The lowest BCUT2D eigenvalue weighted by Crippen LogP contribution is -2.66. The summed E-state index contributed by atoms with van der Waals surface area (Å²) in [4.78, 5) is 0.